The predicted molar refractivity (Wildman–Crippen MR) is 73.5 cm³/mol. The molecule has 0 aliphatic heterocycles. The molecule has 0 bridgehead atoms. The van der Waals surface area contributed by atoms with Gasteiger partial charge in [-0.25, -0.2) is 0 Å². The van der Waals surface area contributed by atoms with Gasteiger partial charge < -0.3 is 20.1 Å². The summed E-state index contributed by atoms with van der Waals surface area (Å²) < 4.78 is 10.6. The first-order valence-corrected chi connectivity index (χ1v) is 6.32. The molecule has 1 fully saturated rings. The van der Waals surface area contributed by atoms with Gasteiger partial charge in [0.25, 0.3) is 0 Å². The van der Waals surface area contributed by atoms with Crippen LogP contribution >= 0.6 is 0 Å². The molecule has 2 N–H and O–H groups in total. The summed E-state index contributed by atoms with van der Waals surface area (Å²) in [6.45, 7) is 1.04. The van der Waals surface area contributed by atoms with Crippen LogP contribution in [0.3, 0.4) is 0 Å². The van der Waals surface area contributed by atoms with Crippen molar-refractivity contribution in [2.24, 2.45) is 11.7 Å². The zero-order chi connectivity index (χ0) is 13.1. The zero-order valence-corrected chi connectivity index (χ0v) is 11.3. The number of hydrogen-bond acceptors (Lipinski definition) is 4. The van der Waals surface area contributed by atoms with Crippen LogP contribution in [-0.4, -0.2) is 33.9 Å². The van der Waals surface area contributed by atoms with E-state index in [4.69, 9.17) is 15.2 Å². The number of methoxy groups -OCH3 is 2. The lowest BCUT2D eigenvalue weighted by Crippen LogP contribution is -2.41. The van der Waals surface area contributed by atoms with Crippen molar-refractivity contribution < 1.29 is 9.47 Å². The Labute approximate surface area is 109 Å². The zero-order valence-electron chi connectivity index (χ0n) is 11.3. The van der Waals surface area contributed by atoms with Crippen LogP contribution in [0.25, 0.3) is 0 Å². The van der Waals surface area contributed by atoms with Crippen LogP contribution < -0.4 is 20.1 Å². The molecule has 1 aliphatic carbocycles. The Morgan fingerprint density at radius 2 is 1.89 bits per heavy atom. The van der Waals surface area contributed by atoms with Gasteiger partial charge in [-0.15, -0.1) is 0 Å². The van der Waals surface area contributed by atoms with E-state index in [1.807, 2.05) is 12.1 Å². The van der Waals surface area contributed by atoms with E-state index in [0.717, 1.165) is 42.5 Å². The van der Waals surface area contributed by atoms with E-state index in [2.05, 4.69) is 18.0 Å². The average molecular weight is 250 g/mol. The van der Waals surface area contributed by atoms with Crippen molar-refractivity contribution in [1.82, 2.24) is 0 Å². The maximum Gasteiger partial charge on any atom is 0.162 e. The van der Waals surface area contributed by atoms with Gasteiger partial charge in [-0.05, 0) is 30.9 Å². The number of nitrogens with two attached hydrogens (primary N) is 1. The van der Waals surface area contributed by atoms with Gasteiger partial charge in [0.15, 0.2) is 11.5 Å². The third-order valence-electron chi connectivity index (χ3n) is 3.61. The minimum atomic E-state index is 0.411. The van der Waals surface area contributed by atoms with E-state index in [1.165, 1.54) is 0 Å². The molecule has 0 heterocycles. The SMILES string of the molecule is COc1ccc(N(C)CC2CC(N)C2)cc1OC. The van der Waals surface area contributed by atoms with Gasteiger partial charge >= 0.3 is 0 Å². The summed E-state index contributed by atoms with van der Waals surface area (Å²) in [6.07, 6.45) is 2.27. The second-order valence-electron chi connectivity index (χ2n) is 5.02. The smallest absolute Gasteiger partial charge is 0.162 e. The molecule has 0 amide bonds. The molecular weight excluding hydrogens is 228 g/mol. The monoisotopic (exact) mass is 250 g/mol. The van der Waals surface area contributed by atoms with Crippen LogP contribution in [0.5, 0.6) is 11.5 Å². The van der Waals surface area contributed by atoms with Crippen molar-refractivity contribution in [1.29, 1.82) is 0 Å². The van der Waals surface area contributed by atoms with E-state index in [0.29, 0.717) is 6.04 Å². The molecule has 0 atom stereocenters. The average Bonchev–Trinajstić information content (AvgIpc) is 2.35. The molecule has 1 saturated carbocycles. The maximum atomic E-state index is 5.81. The molecule has 0 aromatic heterocycles. The Balaban J connectivity index is 2.03. The highest BCUT2D eigenvalue weighted by Crippen LogP contribution is 2.33. The molecule has 1 aliphatic rings. The Morgan fingerprint density at radius 1 is 1.22 bits per heavy atom. The van der Waals surface area contributed by atoms with Gasteiger partial charge in [0, 0.05) is 31.4 Å². The minimum absolute atomic E-state index is 0.411. The third kappa shape index (κ3) is 2.70. The maximum absolute atomic E-state index is 5.81. The first kappa shape index (κ1) is 13.0. The predicted octanol–water partition coefficient (Wildman–Crippen LogP) is 1.88. The Hall–Kier alpha value is -1.42. The van der Waals surface area contributed by atoms with E-state index >= 15 is 0 Å². The summed E-state index contributed by atoms with van der Waals surface area (Å²) >= 11 is 0. The highest BCUT2D eigenvalue weighted by Gasteiger charge is 2.26. The lowest BCUT2D eigenvalue weighted by Gasteiger charge is -2.36. The molecule has 1 aromatic rings. The minimum Gasteiger partial charge on any atom is -0.493 e. The molecule has 4 nitrogen and oxygen atoms in total. The Bertz CT molecular complexity index is 403. The number of hydrogen-bond donors (Lipinski definition) is 1. The van der Waals surface area contributed by atoms with E-state index in [1.54, 1.807) is 14.2 Å². The fourth-order valence-electron chi connectivity index (χ4n) is 2.49. The molecule has 0 spiro atoms. The first-order chi connectivity index (χ1) is 8.63. The topological polar surface area (TPSA) is 47.7 Å². The van der Waals surface area contributed by atoms with Crippen LogP contribution in [0.2, 0.25) is 0 Å². The molecule has 0 radical (unpaired) electrons. The highest BCUT2D eigenvalue weighted by molar-refractivity contribution is 5.56. The second-order valence-corrected chi connectivity index (χ2v) is 5.02. The quantitative estimate of drug-likeness (QED) is 0.866. The van der Waals surface area contributed by atoms with Crippen molar-refractivity contribution in [3.05, 3.63) is 18.2 Å². The number of benzene rings is 1. The third-order valence-corrected chi connectivity index (χ3v) is 3.61. The molecule has 0 unspecified atom stereocenters. The number of ether oxygens (including phenoxy) is 2. The second kappa shape index (κ2) is 5.48. The van der Waals surface area contributed by atoms with Gasteiger partial charge in [-0.3, -0.25) is 0 Å². The molecule has 4 heteroatoms. The van der Waals surface area contributed by atoms with Crippen LogP contribution in [-0.2, 0) is 0 Å². The summed E-state index contributed by atoms with van der Waals surface area (Å²) in [5.74, 6) is 2.26. The first-order valence-electron chi connectivity index (χ1n) is 6.32. The van der Waals surface area contributed by atoms with Crippen molar-refractivity contribution >= 4 is 5.69 Å². The summed E-state index contributed by atoms with van der Waals surface area (Å²) in [6, 6.07) is 6.42. The normalized spacial score (nSPS) is 22.2. The van der Waals surface area contributed by atoms with Gasteiger partial charge in [0.2, 0.25) is 0 Å². The summed E-state index contributed by atoms with van der Waals surface area (Å²) in [5.41, 5.74) is 6.96. The van der Waals surface area contributed by atoms with E-state index in [9.17, 15) is 0 Å². The number of rotatable bonds is 5. The Morgan fingerprint density at radius 3 is 2.44 bits per heavy atom. The van der Waals surface area contributed by atoms with E-state index < -0.39 is 0 Å². The largest absolute Gasteiger partial charge is 0.493 e. The number of anilines is 1. The van der Waals surface area contributed by atoms with Crippen LogP contribution in [0.15, 0.2) is 18.2 Å². The summed E-state index contributed by atoms with van der Waals surface area (Å²) in [4.78, 5) is 2.25. The fraction of sp³-hybridized carbons (Fsp3) is 0.571. The molecule has 2 rings (SSSR count). The van der Waals surface area contributed by atoms with Gasteiger partial charge in [-0.1, -0.05) is 0 Å². The van der Waals surface area contributed by atoms with Gasteiger partial charge in [0.05, 0.1) is 14.2 Å². The fourth-order valence-corrected chi connectivity index (χ4v) is 2.49. The van der Waals surface area contributed by atoms with Crippen molar-refractivity contribution in [2.45, 2.75) is 18.9 Å². The van der Waals surface area contributed by atoms with Crippen molar-refractivity contribution in [3.8, 4) is 11.5 Å². The molecule has 18 heavy (non-hydrogen) atoms. The highest BCUT2D eigenvalue weighted by atomic mass is 16.5. The summed E-state index contributed by atoms with van der Waals surface area (Å²) in [5, 5.41) is 0. The van der Waals surface area contributed by atoms with Crippen LogP contribution in [0, 0.1) is 5.92 Å². The number of nitrogens with zero attached hydrogens (tertiary/aromatic N) is 1. The van der Waals surface area contributed by atoms with Crippen LogP contribution in [0.4, 0.5) is 5.69 Å². The van der Waals surface area contributed by atoms with Crippen molar-refractivity contribution in [2.75, 3.05) is 32.7 Å². The lowest BCUT2D eigenvalue weighted by molar-refractivity contribution is 0.271. The van der Waals surface area contributed by atoms with Gasteiger partial charge in [-0.2, -0.15) is 0 Å². The molecular formula is C14H22N2O2. The van der Waals surface area contributed by atoms with Gasteiger partial charge in [0.1, 0.15) is 0 Å². The molecule has 1 aromatic carbocycles. The van der Waals surface area contributed by atoms with Crippen LogP contribution in [0.1, 0.15) is 12.8 Å². The van der Waals surface area contributed by atoms with E-state index in [-0.39, 0.29) is 0 Å². The molecule has 100 valence electrons. The Kier molecular flexibility index (Phi) is 3.97. The van der Waals surface area contributed by atoms with Crippen molar-refractivity contribution in [3.63, 3.8) is 0 Å². The standard InChI is InChI=1S/C14H22N2O2/c1-16(9-10-6-11(15)7-10)12-4-5-13(17-2)14(8-12)18-3/h4-5,8,10-11H,6-7,9,15H2,1-3H3. The molecule has 0 saturated heterocycles. The lowest BCUT2D eigenvalue weighted by atomic mass is 9.80. The summed E-state index contributed by atoms with van der Waals surface area (Å²) in [7, 11) is 5.41.